The first kappa shape index (κ1) is 15.2. The zero-order chi connectivity index (χ0) is 14.4. The molecule has 1 aromatic carbocycles. The fourth-order valence-electron chi connectivity index (χ4n) is 2.74. The fourth-order valence-corrected chi connectivity index (χ4v) is 3.39. The lowest BCUT2D eigenvalue weighted by Gasteiger charge is -2.31. The van der Waals surface area contributed by atoms with Crippen LogP contribution in [0.25, 0.3) is 0 Å². The Morgan fingerprint density at radius 3 is 2.60 bits per heavy atom. The molecule has 4 heteroatoms. The summed E-state index contributed by atoms with van der Waals surface area (Å²) >= 11 is 1.69. The standard InChI is InChI=1S/C16H23N3S/c1-3-12(2)16(13-7-5-4-6-8-13)15(19-17)9-14-10-18-11-20-14/h4-8,10-12,15-16,19H,3,9,17H2,1-2H3. The molecule has 0 spiro atoms. The number of aromatic nitrogens is 1. The van der Waals surface area contributed by atoms with Crippen molar-refractivity contribution in [2.45, 2.75) is 38.6 Å². The Balaban J connectivity index is 2.24. The summed E-state index contributed by atoms with van der Waals surface area (Å²) in [5.41, 5.74) is 6.27. The molecule has 1 aromatic heterocycles. The Hall–Kier alpha value is -1.23. The monoisotopic (exact) mass is 289 g/mol. The third kappa shape index (κ3) is 3.66. The molecule has 0 bridgehead atoms. The molecule has 3 nitrogen and oxygen atoms in total. The number of rotatable bonds is 7. The number of nitrogens with zero attached hydrogens (tertiary/aromatic N) is 1. The molecule has 0 fully saturated rings. The zero-order valence-corrected chi connectivity index (χ0v) is 12.9. The van der Waals surface area contributed by atoms with Crippen LogP contribution in [-0.4, -0.2) is 11.0 Å². The Morgan fingerprint density at radius 1 is 1.30 bits per heavy atom. The molecule has 0 amide bonds. The summed E-state index contributed by atoms with van der Waals surface area (Å²) in [6, 6.07) is 10.9. The molecule has 3 N–H and O–H groups in total. The van der Waals surface area contributed by atoms with Gasteiger partial charge in [0, 0.05) is 29.5 Å². The van der Waals surface area contributed by atoms with E-state index in [1.807, 2.05) is 11.7 Å². The van der Waals surface area contributed by atoms with Crippen molar-refractivity contribution < 1.29 is 0 Å². The van der Waals surface area contributed by atoms with E-state index < -0.39 is 0 Å². The maximum atomic E-state index is 5.85. The number of hydrogen-bond acceptors (Lipinski definition) is 4. The van der Waals surface area contributed by atoms with Gasteiger partial charge in [0.15, 0.2) is 0 Å². The van der Waals surface area contributed by atoms with E-state index in [0.717, 1.165) is 12.8 Å². The molecule has 0 aliphatic rings. The highest BCUT2D eigenvalue weighted by atomic mass is 32.1. The lowest BCUT2D eigenvalue weighted by atomic mass is 9.79. The lowest BCUT2D eigenvalue weighted by molar-refractivity contribution is 0.336. The summed E-state index contributed by atoms with van der Waals surface area (Å²) in [4.78, 5) is 5.43. The van der Waals surface area contributed by atoms with Gasteiger partial charge in [0.2, 0.25) is 0 Å². The molecular formula is C16H23N3S. The van der Waals surface area contributed by atoms with Crippen LogP contribution < -0.4 is 11.3 Å². The first-order chi connectivity index (χ1) is 9.76. The minimum absolute atomic E-state index is 0.229. The first-order valence-corrected chi connectivity index (χ1v) is 8.02. The van der Waals surface area contributed by atoms with E-state index in [9.17, 15) is 0 Å². The van der Waals surface area contributed by atoms with E-state index in [1.54, 1.807) is 11.3 Å². The lowest BCUT2D eigenvalue weighted by Crippen LogP contribution is -2.43. The number of hydrazine groups is 1. The molecule has 2 rings (SSSR count). The number of nitrogens with two attached hydrogens (primary N) is 1. The van der Waals surface area contributed by atoms with Gasteiger partial charge in [-0.1, -0.05) is 50.6 Å². The average molecular weight is 289 g/mol. The van der Waals surface area contributed by atoms with Gasteiger partial charge in [-0.05, 0) is 11.5 Å². The maximum Gasteiger partial charge on any atom is 0.0794 e. The number of benzene rings is 1. The zero-order valence-electron chi connectivity index (χ0n) is 12.1. The molecule has 20 heavy (non-hydrogen) atoms. The average Bonchev–Trinajstić information content (AvgIpc) is 3.00. The minimum Gasteiger partial charge on any atom is -0.271 e. The van der Waals surface area contributed by atoms with E-state index in [2.05, 4.69) is 54.6 Å². The van der Waals surface area contributed by atoms with Crippen molar-refractivity contribution in [3.05, 3.63) is 52.5 Å². The molecule has 0 aliphatic heterocycles. The van der Waals surface area contributed by atoms with Gasteiger partial charge in [-0.15, -0.1) is 11.3 Å². The summed E-state index contributed by atoms with van der Waals surface area (Å²) in [6.07, 6.45) is 4.00. The largest absolute Gasteiger partial charge is 0.271 e. The molecule has 0 aliphatic carbocycles. The highest BCUT2D eigenvalue weighted by molar-refractivity contribution is 7.09. The van der Waals surface area contributed by atoms with E-state index >= 15 is 0 Å². The van der Waals surface area contributed by atoms with E-state index in [-0.39, 0.29) is 6.04 Å². The Labute approximate surface area is 125 Å². The number of thiazole rings is 1. The predicted molar refractivity (Wildman–Crippen MR) is 85.6 cm³/mol. The quantitative estimate of drug-likeness (QED) is 0.607. The van der Waals surface area contributed by atoms with Gasteiger partial charge in [0.25, 0.3) is 0 Å². The molecule has 0 radical (unpaired) electrons. The molecule has 1 heterocycles. The van der Waals surface area contributed by atoms with Crippen LogP contribution in [0.3, 0.4) is 0 Å². The van der Waals surface area contributed by atoms with Gasteiger partial charge >= 0.3 is 0 Å². The van der Waals surface area contributed by atoms with Crippen molar-refractivity contribution in [2.75, 3.05) is 0 Å². The minimum atomic E-state index is 0.229. The van der Waals surface area contributed by atoms with Crippen molar-refractivity contribution in [3.63, 3.8) is 0 Å². The van der Waals surface area contributed by atoms with Gasteiger partial charge in [0.05, 0.1) is 5.51 Å². The number of hydrogen-bond donors (Lipinski definition) is 2. The fraction of sp³-hybridized carbons (Fsp3) is 0.438. The van der Waals surface area contributed by atoms with Gasteiger partial charge < -0.3 is 0 Å². The molecule has 0 saturated heterocycles. The molecular weight excluding hydrogens is 266 g/mol. The normalized spacial score (nSPS) is 15.8. The van der Waals surface area contributed by atoms with Crippen LogP contribution in [0.5, 0.6) is 0 Å². The van der Waals surface area contributed by atoms with Crippen molar-refractivity contribution >= 4 is 11.3 Å². The third-order valence-electron chi connectivity index (χ3n) is 3.99. The molecule has 0 saturated carbocycles. The Kier molecular flexibility index (Phi) is 5.71. The molecule has 108 valence electrons. The first-order valence-electron chi connectivity index (χ1n) is 7.14. The van der Waals surface area contributed by atoms with Crippen molar-refractivity contribution in [2.24, 2.45) is 11.8 Å². The second-order valence-corrected chi connectivity index (χ2v) is 6.24. The highest BCUT2D eigenvalue weighted by Gasteiger charge is 2.27. The van der Waals surface area contributed by atoms with Crippen LogP contribution in [0.15, 0.2) is 42.0 Å². The van der Waals surface area contributed by atoms with Gasteiger partial charge in [-0.25, -0.2) is 0 Å². The van der Waals surface area contributed by atoms with Crippen LogP contribution in [0, 0.1) is 5.92 Å². The molecule has 2 aromatic rings. The van der Waals surface area contributed by atoms with Gasteiger partial charge in [-0.3, -0.25) is 16.3 Å². The molecule has 3 atom stereocenters. The van der Waals surface area contributed by atoms with Crippen LogP contribution in [0.4, 0.5) is 0 Å². The number of nitrogens with one attached hydrogen (secondary N) is 1. The molecule has 3 unspecified atom stereocenters. The van der Waals surface area contributed by atoms with Gasteiger partial charge in [0.1, 0.15) is 0 Å². The summed E-state index contributed by atoms with van der Waals surface area (Å²) in [7, 11) is 0. The maximum absolute atomic E-state index is 5.85. The second kappa shape index (κ2) is 7.53. The summed E-state index contributed by atoms with van der Waals surface area (Å²) in [5, 5.41) is 0. The smallest absolute Gasteiger partial charge is 0.0794 e. The third-order valence-corrected chi connectivity index (χ3v) is 4.80. The van der Waals surface area contributed by atoms with Crippen LogP contribution >= 0.6 is 11.3 Å². The second-order valence-electron chi connectivity index (χ2n) is 5.27. The van der Waals surface area contributed by atoms with Crippen LogP contribution in [-0.2, 0) is 6.42 Å². The Morgan fingerprint density at radius 2 is 2.05 bits per heavy atom. The van der Waals surface area contributed by atoms with Gasteiger partial charge in [-0.2, -0.15) is 0 Å². The van der Waals surface area contributed by atoms with Crippen molar-refractivity contribution in [1.82, 2.24) is 10.4 Å². The Bertz CT molecular complexity index is 484. The summed E-state index contributed by atoms with van der Waals surface area (Å²) < 4.78 is 0. The SMILES string of the molecule is CCC(C)C(c1ccccc1)C(Cc1cncs1)NN. The topological polar surface area (TPSA) is 50.9 Å². The van der Waals surface area contributed by atoms with E-state index in [4.69, 9.17) is 5.84 Å². The van der Waals surface area contributed by atoms with Crippen molar-refractivity contribution in [3.8, 4) is 0 Å². The highest BCUT2D eigenvalue weighted by Crippen LogP contribution is 2.32. The van der Waals surface area contributed by atoms with Crippen LogP contribution in [0.2, 0.25) is 0 Å². The van der Waals surface area contributed by atoms with Crippen LogP contribution in [0.1, 0.15) is 36.6 Å². The summed E-state index contributed by atoms with van der Waals surface area (Å²) in [6.45, 7) is 4.54. The predicted octanol–water partition coefficient (Wildman–Crippen LogP) is 3.35. The van der Waals surface area contributed by atoms with E-state index in [1.165, 1.54) is 10.4 Å². The van der Waals surface area contributed by atoms with E-state index in [0.29, 0.717) is 11.8 Å². The van der Waals surface area contributed by atoms with Crippen molar-refractivity contribution in [1.29, 1.82) is 0 Å². The summed E-state index contributed by atoms with van der Waals surface area (Å²) in [5.74, 6) is 6.84.